The smallest absolute Gasteiger partial charge is 0.265 e. The van der Waals surface area contributed by atoms with Gasteiger partial charge in [0.15, 0.2) is 20.5 Å². The molecular formula is C23H28N8O2S4. The summed E-state index contributed by atoms with van der Waals surface area (Å²) in [4.78, 5) is 47.5. The lowest BCUT2D eigenvalue weighted by Gasteiger charge is -2.19. The third kappa shape index (κ3) is 5.66. The van der Waals surface area contributed by atoms with Crippen LogP contribution >= 0.6 is 45.3 Å². The Kier molecular flexibility index (Phi) is 7.65. The highest BCUT2D eigenvalue weighted by atomic mass is 32.1. The monoisotopic (exact) mass is 576 g/mol. The fraction of sp³-hybridized carbons (Fsp3) is 0.391. The zero-order chi connectivity index (χ0) is 27.1. The molecule has 4 heterocycles. The van der Waals surface area contributed by atoms with E-state index >= 15 is 0 Å². The number of hydrogen-bond acceptors (Lipinski definition) is 12. The van der Waals surface area contributed by atoms with E-state index in [-0.39, 0.29) is 11.8 Å². The molecule has 0 saturated carbocycles. The zero-order valence-corrected chi connectivity index (χ0v) is 25.1. The SMILES string of the molecule is Cc1nc(Nc2nc(C(C)(C)c3csc(Nc4nc(C)c(C(=O)N(C)C)s4)n3)cs2)sc1C(=O)N(C)C. The Labute approximate surface area is 231 Å². The first kappa shape index (κ1) is 27.1. The van der Waals surface area contributed by atoms with Crippen LogP contribution in [0, 0.1) is 13.8 Å². The van der Waals surface area contributed by atoms with E-state index in [9.17, 15) is 9.59 Å². The van der Waals surface area contributed by atoms with Crippen LogP contribution in [0.4, 0.5) is 20.5 Å². The summed E-state index contributed by atoms with van der Waals surface area (Å²) < 4.78 is 0. The van der Waals surface area contributed by atoms with Crippen molar-refractivity contribution in [2.45, 2.75) is 33.1 Å². The van der Waals surface area contributed by atoms with E-state index in [0.29, 0.717) is 41.7 Å². The second-order valence-corrected chi connectivity index (χ2v) is 12.9. The van der Waals surface area contributed by atoms with Crippen LogP contribution in [0.1, 0.15) is 56.0 Å². The highest BCUT2D eigenvalue weighted by Crippen LogP contribution is 2.37. The van der Waals surface area contributed by atoms with Gasteiger partial charge in [-0.05, 0) is 27.7 Å². The molecule has 0 atom stereocenters. The summed E-state index contributed by atoms with van der Waals surface area (Å²) in [5.41, 5.74) is 2.69. The Bertz CT molecular complexity index is 1340. The molecule has 0 aromatic carbocycles. The molecule has 0 unspecified atom stereocenters. The van der Waals surface area contributed by atoms with Crippen LogP contribution in [0.25, 0.3) is 0 Å². The molecule has 0 bridgehead atoms. The summed E-state index contributed by atoms with van der Waals surface area (Å²) >= 11 is 5.60. The van der Waals surface area contributed by atoms with E-state index in [1.54, 1.807) is 38.0 Å². The molecule has 196 valence electrons. The molecule has 4 aromatic rings. The van der Waals surface area contributed by atoms with Crippen molar-refractivity contribution in [2.75, 3.05) is 38.8 Å². The maximum absolute atomic E-state index is 12.3. The van der Waals surface area contributed by atoms with E-state index in [1.165, 1.54) is 45.3 Å². The van der Waals surface area contributed by atoms with E-state index in [1.807, 2.05) is 24.6 Å². The average molecular weight is 577 g/mol. The van der Waals surface area contributed by atoms with Gasteiger partial charge in [-0.3, -0.25) is 9.59 Å². The van der Waals surface area contributed by atoms with Crippen molar-refractivity contribution >= 4 is 77.7 Å². The Morgan fingerprint density at radius 2 is 1.08 bits per heavy atom. The number of aryl methyl sites for hydroxylation is 2. The molecule has 0 fully saturated rings. The Morgan fingerprint density at radius 3 is 1.43 bits per heavy atom. The Hall–Kier alpha value is -2.94. The van der Waals surface area contributed by atoms with E-state index in [2.05, 4.69) is 34.4 Å². The van der Waals surface area contributed by atoms with Gasteiger partial charge in [-0.25, -0.2) is 19.9 Å². The molecule has 10 nitrogen and oxygen atoms in total. The van der Waals surface area contributed by atoms with E-state index < -0.39 is 5.41 Å². The number of carbonyl (C=O) groups excluding carboxylic acids is 2. The number of amides is 2. The van der Waals surface area contributed by atoms with Gasteiger partial charge in [0, 0.05) is 39.0 Å². The zero-order valence-electron chi connectivity index (χ0n) is 21.8. The molecule has 4 aromatic heterocycles. The van der Waals surface area contributed by atoms with Crippen LogP contribution in [-0.2, 0) is 5.41 Å². The van der Waals surface area contributed by atoms with Crippen molar-refractivity contribution in [3.8, 4) is 0 Å². The molecule has 0 saturated heterocycles. The predicted octanol–water partition coefficient (Wildman–Crippen LogP) is 5.35. The molecule has 2 amide bonds. The number of thiazole rings is 4. The first-order valence-corrected chi connectivity index (χ1v) is 14.6. The maximum atomic E-state index is 12.3. The Morgan fingerprint density at radius 1 is 0.703 bits per heavy atom. The minimum atomic E-state index is -0.442. The molecule has 2 N–H and O–H groups in total. The molecule has 0 aliphatic rings. The number of anilines is 4. The summed E-state index contributed by atoms with van der Waals surface area (Å²) in [5.74, 6) is -0.129. The summed E-state index contributed by atoms with van der Waals surface area (Å²) in [6, 6.07) is 0. The third-order valence-electron chi connectivity index (χ3n) is 5.51. The largest absolute Gasteiger partial charge is 0.344 e. The van der Waals surface area contributed by atoms with Crippen molar-refractivity contribution < 1.29 is 9.59 Å². The second-order valence-electron chi connectivity index (χ2n) is 9.22. The molecular weight excluding hydrogens is 549 g/mol. The van der Waals surface area contributed by atoms with Gasteiger partial charge in [-0.15, -0.1) is 22.7 Å². The van der Waals surface area contributed by atoms with Gasteiger partial charge in [0.2, 0.25) is 0 Å². The molecule has 4 rings (SSSR count). The fourth-order valence-corrected chi connectivity index (χ4v) is 7.11. The molecule has 0 radical (unpaired) electrons. The number of carbonyl (C=O) groups is 2. The topological polar surface area (TPSA) is 116 Å². The Balaban J connectivity index is 1.48. The van der Waals surface area contributed by atoms with Crippen LogP contribution < -0.4 is 10.6 Å². The summed E-state index contributed by atoms with van der Waals surface area (Å²) in [5, 5.41) is 13.2. The number of aromatic nitrogens is 4. The average Bonchev–Trinajstić information content (AvgIpc) is 3.61. The van der Waals surface area contributed by atoms with Gasteiger partial charge in [0.1, 0.15) is 9.75 Å². The second kappa shape index (κ2) is 10.4. The first-order chi connectivity index (χ1) is 17.4. The van der Waals surface area contributed by atoms with Gasteiger partial charge in [0.25, 0.3) is 11.8 Å². The number of hydrogen-bond donors (Lipinski definition) is 2. The van der Waals surface area contributed by atoms with Gasteiger partial charge >= 0.3 is 0 Å². The normalized spacial score (nSPS) is 11.5. The van der Waals surface area contributed by atoms with Crippen molar-refractivity contribution in [3.05, 3.63) is 43.3 Å². The third-order valence-corrected chi connectivity index (χ3v) is 9.15. The van der Waals surface area contributed by atoms with Crippen molar-refractivity contribution in [3.63, 3.8) is 0 Å². The van der Waals surface area contributed by atoms with Crippen LogP contribution in [0.5, 0.6) is 0 Å². The summed E-state index contributed by atoms with van der Waals surface area (Å²) in [6.45, 7) is 7.81. The number of nitrogens with one attached hydrogen (secondary N) is 2. The lowest BCUT2D eigenvalue weighted by atomic mass is 9.87. The molecule has 14 heteroatoms. The fourth-order valence-electron chi connectivity index (χ4n) is 3.25. The van der Waals surface area contributed by atoms with Crippen molar-refractivity contribution in [1.29, 1.82) is 0 Å². The number of rotatable bonds is 8. The van der Waals surface area contributed by atoms with Crippen molar-refractivity contribution in [2.24, 2.45) is 0 Å². The molecule has 0 aliphatic carbocycles. The van der Waals surface area contributed by atoms with E-state index in [0.717, 1.165) is 11.4 Å². The lowest BCUT2D eigenvalue weighted by molar-refractivity contribution is 0.0824. The number of nitrogens with zero attached hydrogens (tertiary/aromatic N) is 6. The lowest BCUT2D eigenvalue weighted by Crippen LogP contribution is -2.21. The van der Waals surface area contributed by atoms with Crippen LogP contribution in [0.3, 0.4) is 0 Å². The molecule has 37 heavy (non-hydrogen) atoms. The standard InChI is InChI=1S/C23H28N8O2S4/c1-11-15(17(32)30(5)6)36-21(24-11)28-19-26-13(9-34-19)23(3,4)14-10-35-20(27-14)29-22-25-12(2)16(37-22)18(33)31(7)8/h9-10H,1-8H3,(H,24,26,28)(H,25,27,29). The van der Waals surface area contributed by atoms with Gasteiger partial charge in [-0.2, -0.15) is 0 Å². The van der Waals surface area contributed by atoms with Crippen LogP contribution in [-0.4, -0.2) is 69.7 Å². The first-order valence-electron chi connectivity index (χ1n) is 11.2. The van der Waals surface area contributed by atoms with Gasteiger partial charge in [0.05, 0.1) is 28.2 Å². The maximum Gasteiger partial charge on any atom is 0.265 e. The molecule has 0 aliphatic heterocycles. The summed E-state index contributed by atoms with van der Waals surface area (Å²) in [7, 11) is 6.91. The van der Waals surface area contributed by atoms with Crippen LogP contribution in [0.15, 0.2) is 10.8 Å². The summed E-state index contributed by atoms with van der Waals surface area (Å²) in [6.07, 6.45) is 0. The van der Waals surface area contributed by atoms with Gasteiger partial charge in [-0.1, -0.05) is 22.7 Å². The molecule has 0 spiro atoms. The highest BCUT2D eigenvalue weighted by Gasteiger charge is 2.30. The predicted molar refractivity (Wildman–Crippen MR) is 153 cm³/mol. The highest BCUT2D eigenvalue weighted by molar-refractivity contribution is 7.19. The quantitative estimate of drug-likeness (QED) is 0.289. The minimum Gasteiger partial charge on any atom is -0.344 e. The van der Waals surface area contributed by atoms with Crippen molar-refractivity contribution in [1.82, 2.24) is 29.7 Å². The van der Waals surface area contributed by atoms with E-state index in [4.69, 9.17) is 9.97 Å². The van der Waals surface area contributed by atoms with Gasteiger partial charge < -0.3 is 20.4 Å². The minimum absolute atomic E-state index is 0.0645. The van der Waals surface area contributed by atoms with Crippen LogP contribution in [0.2, 0.25) is 0 Å².